The van der Waals surface area contributed by atoms with Gasteiger partial charge in [-0.25, -0.2) is 4.98 Å². The summed E-state index contributed by atoms with van der Waals surface area (Å²) in [5.41, 5.74) is 2.11. The Hall–Kier alpha value is -3.41. The van der Waals surface area contributed by atoms with E-state index in [2.05, 4.69) is 9.97 Å². The predicted octanol–water partition coefficient (Wildman–Crippen LogP) is 4.30. The van der Waals surface area contributed by atoms with Gasteiger partial charge < -0.3 is 14.8 Å². The molecule has 3 unspecified atom stereocenters. The lowest BCUT2D eigenvalue weighted by Crippen LogP contribution is -2.50. The second kappa shape index (κ2) is 9.61. The molecule has 0 radical (unpaired) electrons. The van der Waals surface area contributed by atoms with E-state index in [1.807, 2.05) is 76.7 Å². The fourth-order valence-electron chi connectivity index (χ4n) is 5.38. The molecule has 2 aliphatic rings. The van der Waals surface area contributed by atoms with Gasteiger partial charge in [0.25, 0.3) is 0 Å². The number of likely N-dealkylation sites (tertiary alicyclic amines) is 2. The van der Waals surface area contributed by atoms with Gasteiger partial charge in [-0.1, -0.05) is 60.7 Å². The van der Waals surface area contributed by atoms with Gasteiger partial charge in [0, 0.05) is 44.4 Å². The van der Waals surface area contributed by atoms with Gasteiger partial charge >= 0.3 is 0 Å². The minimum Gasteiger partial charge on any atom is -0.348 e. The molecule has 1 aromatic heterocycles. The van der Waals surface area contributed by atoms with E-state index >= 15 is 0 Å². The van der Waals surface area contributed by atoms with E-state index in [-0.39, 0.29) is 29.7 Å². The Morgan fingerprint density at radius 3 is 2.52 bits per heavy atom. The highest BCUT2D eigenvalue weighted by molar-refractivity contribution is 5.85. The molecule has 33 heavy (non-hydrogen) atoms. The predicted molar refractivity (Wildman–Crippen MR) is 126 cm³/mol. The van der Waals surface area contributed by atoms with Gasteiger partial charge in [0.1, 0.15) is 5.82 Å². The molecule has 0 bridgehead atoms. The zero-order valence-electron chi connectivity index (χ0n) is 18.8. The van der Waals surface area contributed by atoms with Gasteiger partial charge in [0.2, 0.25) is 11.8 Å². The second-order valence-electron chi connectivity index (χ2n) is 9.11. The normalized spacial score (nSPS) is 23.5. The van der Waals surface area contributed by atoms with Crippen LogP contribution in [0.5, 0.6) is 0 Å². The van der Waals surface area contributed by atoms with Crippen molar-refractivity contribution in [2.45, 2.75) is 44.2 Å². The second-order valence-corrected chi connectivity index (χ2v) is 9.11. The quantitative estimate of drug-likeness (QED) is 0.641. The van der Waals surface area contributed by atoms with Crippen LogP contribution in [0, 0.1) is 5.92 Å². The number of nitrogens with one attached hydrogen (secondary N) is 1. The number of rotatable bonds is 5. The van der Waals surface area contributed by atoms with Gasteiger partial charge in [0.05, 0.1) is 12.0 Å². The summed E-state index contributed by atoms with van der Waals surface area (Å²) in [5.74, 6) is 1.22. The monoisotopic (exact) mass is 442 g/mol. The molecule has 0 saturated carbocycles. The van der Waals surface area contributed by atoms with Crippen molar-refractivity contribution in [3.63, 3.8) is 0 Å². The molecule has 2 aromatic carbocycles. The number of aromatic nitrogens is 2. The molecule has 3 aromatic rings. The molecule has 2 fully saturated rings. The average Bonchev–Trinajstić information content (AvgIpc) is 3.41. The Morgan fingerprint density at radius 2 is 1.79 bits per heavy atom. The van der Waals surface area contributed by atoms with E-state index in [4.69, 9.17) is 0 Å². The Balaban J connectivity index is 1.43. The van der Waals surface area contributed by atoms with Crippen LogP contribution in [0.15, 0.2) is 73.1 Å². The smallest absolute Gasteiger partial charge is 0.228 e. The maximum atomic E-state index is 13.9. The molecule has 170 valence electrons. The maximum Gasteiger partial charge on any atom is 0.228 e. The summed E-state index contributed by atoms with van der Waals surface area (Å²) in [6.45, 7) is 1.95. The van der Waals surface area contributed by atoms with Crippen molar-refractivity contribution in [1.82, 2.24) is 19.8 Å². The van der Waals surface area contributed by atoms with Crippen LogP contribution < -0.4 is 0 Å². The first-order chi connectivity index (χ1) is 16.2. The zero-order valence-corrected chi connectivity index (χ0v) is 18.8. The number of carbonyl (C=O) groups excluding carboxylic acids is 2. The third-order valence-corrected chi connectivity index (χ3v) is 7.00. The fraction of sp³-hybridized carbons (Fsp3) is 0.370. The molecule has 2 aliphatic heterocycles. The first-order valence-corrected chi connectivity index (χ1v) is 11.9. The average molecular weight is 443 g/mol. The molecule has 5 rings (SSSR count). The number of H-pyrrole nitrogens is 1. The molecule has 2 amide bonds. The van der Waals surface area contributed by atoms with E-state index in [0.717, 1.165) is 36.3 Å². The van der Waals surface area contributed by atoms with Gasteiger partial charge in [0.15, 0.2) is 0 Å². The van der Waals surface area contributed by atoms with Crippen LogP contribution in [0.4, 0.5) is 0 Å². The number of hydrogen-bond donors (Lipinski definition) is 1. The van der Waals surface area contributed by atoms with E-state index in [1.165, 1.54) is 0 Å². The maximum absolute atomic E-state index is 13.9. The van der Waals surface area contributed by atoms with Gasteiger partial charge in [-0.05, 0) is 30.4 Å². The van der Waals surface area contributed by atoms with Gasteiger partial charge in [-0.2, -0.15) is 0 Å². The Bertz CT molecular complexity index is 1070. The number of imidazole rings is 1. The lowest BCUT2D eigenvalue weighted by Gasteiger charge is -2.43. The Morgan fingerprint density at radius 1 is 1.03 bits per heavy atom. The molecule has 6 nitrogen and oxygen atoms in total. The number of amides is 2. The number of benzene rings is 2. The molecule has 1 N–H and O–H groups in total. The summed E-state index contributed by atoms with van der Waals surface area (Å²) < 4.78 is 0. The Labute approximate surface area is 194 Å². The number of hydrogen-bond acceptors (Lipinski definition) is 3. The molecule has 2 saturated heterocycles. The highest BCUT2D eigenvalue weighted by Crippen LogP contribution is 2.39. The van der Waals surface area contributed by atoms with E-state index < -0.39 is 0 Å². The lowest BCUT2D eigenvalue weighted by atomic mass is 9.82. The molecular weight excluding hydrogens is 412 g/mol. The van der Waals surface area contributed by atoms with Crippen LogP contribution >= 0.6 is 0 Å². The minimum atomic E-state index is -0.260. The molecule has 3 atom stereocenters. The fourth-order valence-corrected chi connectivity index (χ4v) is 5.38. The first kappa shape index (κ1) is 21.4. The molecule has 0 spiro atoms. The van der Waals surface area contributed by atoms with Gasteiger partial charge in [-0.15, -0.1) is 0 Å². The van der Waals surface area contributed by atoms with Crippen molar-refractivity contribution in [2.75, 3.05) is 13.1 Å². The Kier molecular flexibility index (Phi) is 6.24. The van der Waals surface area contributed by atoms with Crippen molar-refractivity contribution in [1.29, 1.82) is 0 Å². The van der Waals surface area contributed by atoms with Crippen LogP contribution in [-0.2, 0) is 16.1 Å². The summed E-state index contributed by atoms with van der Waals surface area (Å²) in [6.07, 6.45) is 6.60. The largest absolute Gasteiger partial charge is 0.348 e. The molecular formula is C27H30N4O2. The van der Waals surface area contributed by atoms with Crippen LogP contribution in [0.1, 0.15) is 54.6 Å². The minimum absolute atomic E-state index is 0.115. The van der Waals surface area contributed by atoms with E-state index in [0.29, 0.717) is 25.9 Å². The summed E-state index contributed by atoms with van der Waals surface area (Å²) >= 11 is 0. The number of piperidine rings is 2. The van der Waals surface area contributed by atoms with Gasteiger partial charge in [-0.3, -0.25) is 9.59 Å². The molecule has 0 aliphatic carbocycles. The summed E-state index contributed by atoms with van der Waals surface area (Å²) in [7, 11) is 0. The van der Waals surface area contributed by atoms with Crippen LogP contribution in [0.2, 0.25) is 0 Å². The number of carbonyl (C=O) groups is 2. The van der Waals surface area contributed by atoms with Crippen LogP contribution in [-0.4, -0.2) is 44.7 Å². The molecule has 3 heterocycles. The third kappa shape index (κ3) is 4.56. The van der Waals surface area contributed by atoms with E-state index in [9.17, 15) is 9.59 Å². The lowest BCUT2D eigenvalue weighted by molar-refractivity contribution is -0.149. The topological polar surface area (TPSA) is 69.3 Å². The summed E-state index contributed by atoms with van der Waals surface area (Å²) in [6, 6.07) is 19.8. The van der Waals surface area contributed by atoms with Crippen molar-refractivity contribution >= 4 is 11.8 Å². The standard InChI is InChI=1S/C27H30N4O2/c32-24-14-13-23(27(33)30-17-7-12-22(19-30)26-28-15-16-29-26)25(21-10-5-2-6-11-21)31(24)18-20-8-3-1-4-9-20/h1-6,8-11,15-16,22-23,25H,7,12-14,17-19H2,(H,28,29). The first-order valence-electron chi connectivity index (χ1n) is 11.9. The highest BCUT2D eigenvalue weighted by atomic mass is 16.2. The molecule has 6 heteroatoms. The summed E-state index contributed by atoms with van der Waals surface area (Å²) in [5, 5.41) is 0. The van der Waals surface area contributed by atoms with Crippen molar-refractivity contribution in [3.05, 3.63) is 90.0 Å². The van der Waals surface area contributed by atoms with E-state index in [1.54, 1.807) is 6.20 Å². The van der Waals surface area contributed by atoms with Crippen molar-refractivity contribution in [2.24, 2.45) is 5.92 Å². The number of nitrogens with zero attached hydrogens (tertiary/aromatic N) is 3. The number of aromatic amines is 1. The van der Waals surface area contributed by atoms with Crippen molar-refractivity contribution in [3.8, 4) is 0 Å². The van der Waals surface area contributed by atoms with Crippen molar-refractivity contribution < 1.29 is 9.59 Å². The third-order valence-electron chi connectivity index (χ3n) is 7.00. The highest BCUT2D eigenvalue weighted by Gasteiger charge is 2.43. The van der Waals surface area contributed by atoms with Crippen LogP contribution in [0.25, 0.3) is 0 Å². The summed E-state index contributed by atoms with van der Waals surface area (Å²) in [4.78, 5) is 38.6. The van der Waals surface area contributed by atoms with Crippen LogP contribution in [0.3, 0.4) is 0 Å². The zero-order chi connectivity index (χ0) is 22.6. The SMILES string of the molecule is O=C(C1CCC(=O)N(Cc2ccccc2)C1c1ccccc1)N1CCCC(c2ncc[nH]2)C1.